The number of hydrogen-bond acceptors (Lipinski definition) is 14. The van der Waals surface area contributed by atoms with Crippen molar-refractivity contribution >= 4 is 165 Å². The summed E-state index contributed by atoms with van der Waals surface area (Å²) in [6.07, 6.45) is 29.9. The van der Waals surface area contributed by atoms with Crippen molar-refractivity contribution in [2.45, 2.75) is 187 Å². The zero-order valence-corrected chi connectivity index (χ0v) is 80.5. The molecule has 0 radical (unpaired) electrons. The van der Waals surface area contributed by atoms with Crippen LogP contribution in [0.5, 0.6) is 5.75 Å². The van der Waals surface area contributed by atoms with E-state index in [1.54, 1.807) is 25.3 Å². The van der Waals surface area contributed by atoms with Crippen molar-refractivity contribution in [1.29, 1.82) is 0 Å². The van der Waals surface area contributed by atoms with Crippen LogP contribution in [0.4, 0.5) is 38.5 Å². The third kappa shape index (κ3) is 25.0. The second-order valence-electron chi connectivity index (χ2n) is 37.0. The molecule has 21 rings (SSSR count). The molecular weight excluding hydrogens is 1800 g/mol. The maximum atomic E-state index is 13.6. The van der Waals surface area contributed by atoms with E-state index in [2.05, 4.69) is 108 Å². The highest BCUT2D eigenvalue weighted by Gasteiger charge is 2.28. The lowest BCUT2D eigenvalue weighted by Gasteiger charge is -2.21. The van der Waals surface area contributed by atoms with E-state index in [1.165, 1.54) is 62.1 Å². The molecule has 0 bridgehead atoms. The van der Waals surface area contributed by atoms with Gasteiger partial charge in [-0.1, -0.05) is 157 Å². The highest BCUT2D eigenvalue weighted by atomic mass is 35.5. The number of esters is 1. The van der Waals surface area contributed by atoms with Crippen LogP contribution in [0.3, 0.4) is 0 Å². The topological polar surface area (TPSA) is 354 Å². The predicted molar refractivity (Wildman–Crippen MR) is 557 cm³/mol. The molecule has 0 atom stereocenters. The standard InChI is InChI=1S/C25H30N4O2.C24H23N3O.C22H23N3O3.C21H22ClN3O2.C20H19ClFN3O/c1-2-3-9-23(30)26-20-14-15-21-22(16-20)29-24(28-21)17-10-12-19(13-11-17)27-25(31)18-7-5-4-6-8-18;28-24(17-6-2-1-3-7-17)25-20-12-10-16(11-13-20)23-26-21-14-18-8-4-5-9-19(18)15-22(21)27-23;1-28-22(27)16-9-12-18-19(13-16)25-20(24-18)14-7-10-17(11-8-14)23-21(26)15-5-3-2-4-6-15;1-27-19-12-15(23-21(26)13-5-3-2-4-6-13)8-9-16(19)20-24-17-10-7-14(22)11-18(17)25-20;21-15-10-17-18(11-16(15)22)25-19(24-17)12-6-8-14(9-7-12)23-20(26)13-4-2-1-3-5-13/h10-16,18H,2-9H2,1H3,(H,26,30)(H,27,31)(H,28,29);4-5,8-15,17H,1-3,6-7H2,(H,25,28)(H,26,27);7-13,15H,2-6H2,1H3,(H,23,26)(H,24,25);7-13H,2-6H2,1H3,(H,23,26)(H,24,25);6-11,13H,1-5H2,(H,23,26)(H,24,25). The summed E-state index contributed by atoms with van der Waals surface area (Å²) in [5.41, 5.74) is 17.9. The number of ether oxygens (including phenoxy) is 2. The summed E-state index contributed by atoms with van der Waals surface area (Å²) in [6, 6.07) is 68.3. The van der Waals surface area contributed by atoms with E-state index in [4.69, 9.17) is 37.7 Å². The molecule has 28 heteroatoms. The molecule has 5 aliphatic rings. The predicted octanol–water partition coefficient (Wildman–Crippen LogP) is 27.3. The number of imidazole rings is 5. The number of benzene rings is 11. The van der Waals surface area contributed by atoms with E-state index in [0.717, 1.165) is 259 Å². The number of H-pyrrole nitrogens is 5. The van der Waals surface area contributed by atoms with Crippen molar-refractivity contribution in [3.8, 4) is 62.7 Å². The maximum Gasteiger partial charge on any atom is 0.337 e. The summed E-state index contributed by atoms with van der Waals surface area (Å²) in [5.74, 6) is 4.76. The van der Waals surface area contributed by atoms with Crippen LogP contribution in [-0.2, 0) is 33.5 Å². The summed E-state index contributed by atoms with van der Waals surface area (Å²) < 4.78 is 23.9. The number of halogens is 3. The molecule has 5 fully saturated rings. The van der Waals surface area contributed by atoms with E-state index in [-0.39, 0.29) is 76.0 Å². The molecule has 0 saturated heterocycles. The number of anilines is 6. The third-order valence-corrected chi connectivity index (χ3v) is 27.6. The molecule has 5 aromatic heterocycles. The van der Waals surface area contributed by atoms with Crippen molar-refractivity contribution in [2.75, 3.05) is 46.1 Å². The number of carbonyl (C=O) groups is 7. The lowest BCUT2D eigenvalue weighted by atomic mass is 9.88. The Morgan fingerprint density at radius 2 is 0.679 bits per heavy atom. The van der Waals surface area contributed by atoms with Gasteiger partial charge in [0.2, 0.25) is 35.4 Å². The van der Waals surface area contributed by atoms with Crippen LogP contribution >= 0.6 is 23.2 Å². The average molecular weight is 1920 g/mol. The fourth-order valence-corrected chi connectivity index (χ4v) is 19.4. The molecule has 0 aliphatic heterocycles. The molecule has 720 valence electrons. The molecule has 0 spiro atoms. The highest BCUT2D eigenvalue weighted by Crippen LogP contribution is 2.38. The first-order chi connectivity index (χ1) is 68.2. The van der Waals surface area contributed by atoms with E-state index < -0.39 is 5.82 Å². The molecule has 11 aromatic carbocycles. The Hall–Kier alpha value is -14.4. The lowest BCUT2D eigenvalue weighted by molar-refractivity contribution is -0.121. The fraction of sp³-hybridized carbons (Fsp3) is 0.321. The molecule has 5 heterocycles. The third-order valence-electron chi connectivity index (χ3n) is 27.1. The van der Waals surface area contributed by atoms with Gasteiger partial charge in [0.05, 0.1) is 85.5 Å². The van der Waals surface area contributed by atoms with Gasteiger partial charge in [-0.25, -0.2) is 34.1 Å². The smallest absolute Gasteiger partial charge is 0.337 e. The molecular formula is C112H117Cl2FN16O9. The van der Waals surface area contributed by atoms with Crippen LogP contribution in [0.1, 0.15) is 197 Å². The van der Waals surface area contributed by atoms with E-state index >= 15 is 0 Å². The molecule has 6 amide bonds. The molecule has 25 nitrogen and oxygen atoms in total. The Labute approximate surface area is 821 Å². The van der Waals surface area contributed by atoms with Gasteiger partial charge in [-0.05, 0) is 263 Å². The summed E-state index contributed by atoms with van der Waals surface area (Å²) in [4.78, 5) is 125. The van der Waals surface area contributed by atoms with E-state index in [0.29, 0.717) is 51.3 Å². The minimum atomic E-state index is -0.477. The van der Waals surface area contributed by atoms with Gasteiger partial charge in [0.1, 0.15) is 40.7 Å². The first-order valence-electron chi connectivity index (χ1n) is 49.2. The summed E-state index contributed by atoms with van der Waals surface area (Å²) in [7, 11) is 2.98. The van der Waals surface area contributed by atoms with Gasteiger partial charge in [0.25, 0.3) is 0 Å². The van der Waals surface area contributed by atoms with Gasteiger partial charge >= 0.3 is 5.97 Å². The first-order valence-corrected chi connectivity index (χ1v) is 49.9. The summed E-state index contributed by atoms with van der Waals surface area (Å²) in [6.45, 7) is 2.07. The minimum absolute atomic E-state index is 0.0341. The quantitative estimate of drug-likeness (QED) is 0.0298. The van der Waals surface area contributed by atoms with Gasteiger partial charge in [0.15, 0.2) is 0 Å². The second kappa shape index (κ2) is 46.4. The Morgan fingerprint density at radius 3 is 1.10 bits per heavy atom. The molecule has 140 heavy (non-hydrogen) atoms. The minimum Gasteiger partial charge on any atom is -0.496 e. The number of amides is 6. The van der Waals surface area contributed by atoms with Crippen LogP contribution in [0, 0.1) is 35.4 Å². The van der Waals surface area contributed by atoms with Crippen molar-refractivity contribution in [1.82, 2.24) is 49.8 Å². The van der Waals surface area contributed by atoms with Gasteiger partial charge in [-0.15, -0.1) is 0 Å². The molecule has 11 N–H and O–H groups in total. The van der Waals surface area contributed by atoms with Crippen molar-refractivity contribution in [2.24, 2.45) is 29.6 Å². The van der Waals surface area contributed by atoms with Crippen LogP contribution in [0.15, 0.2) is 218 Å². The number of methoxy groups -OCH3 is 2. The molecule has 5 saturated carbocycles. The SMILES string of the molecule is CCCCC(=O)Nc1ccc2nc(-c3ccc(NC(=O)C4CCCCC4)cc3)[nH]c2c1.COC(=O)c1ccc2nc(-c3ccc(NC(=O)C4CCCCC4)cc3)[nH]c2c1.COc1cc(NC(=O)C2CCCCC2)ccc1-c1nc2ccc(Cl)cc2[nH]1.O=C(Nc1ccc(-c2nc3cc(Cl)c(F)cc3[nH]2)cc1)C1CCCCC1.O=C(Nc1ccc(-c2nc3cc4ccccc4cc3[nH]2)cc1)C1CCCCC1. The number of carbonyl (C=O) groups excluding carboxylic acids is 7. The second-order valence-corrected chi connectivity index (χ2v) is 37.9. The normalized spacial score (nSPS) is 14.9. The van der Waals surface area contributed by atoms with Gasteiger partial charge in [-0.2, -0.15) is 0 Å². The first kappa shape index (κ1) is 97.3. The monoisotopic (exact) mass is 1920 g/mol. The van der Waals surface area contributed by atoms with E-state index in [1.807, 2.05) is 164 Å². The number of unbranched alkanes of at least 4 members (excludes halogenated alkanes) is 1. The van der Waals surface area contributed by atoms with Crippen molar-refractivity contribution in [3.05, 3.63) is 240 Å². The van der Waals surface area contributed by atoms with Crippen LogP contribution in [0.2, 0.25) is 10.0 Å². The molecule has 5 aliphatic carbocycles. The average Bonchev–Trinajstić information content (AvgIpc) is 1.63. The number of nitrogens with one attached hydrogen (secondary N) is 11. The fourth-order valence-electron chi connectivity index (χ4n) is 19.1. The van der Waals surface area contributed by atoms with Crippen molar-refractivity contribution in [3.63, 3.8) is 0 Å². The highest BCUT2D eigenvalue weighted by molar-refractivity contribution is 6.31. The Morgan fingerprint density at radius 1 is 0.343 bits per heavy atom. The maximum absolute atomic E-state index is 13.6. The summed E-state index contributed by atoms with van der Waals surface area (Å²) in [5, 5.41) is 21.2. The lowest BCUT2D eigenvalue weighted by Crippen LogP contribution is -2.24. The number of rotatable bonds is 21. The van der Waals surface area contributed by atoms with E-state index in [9.17, 15) is 38.0 Å². The number of fused-ring (bicyclic) bond motifs is 6. The molecule has 0 unspecified atom stereocenters. The zero-order valence-electron chi connectivity index (χ0n) is 79.0. The Balaban J connectivity index is 0.000000121. The van der Waals surface area contributed by atoms with Gasteiger partial charge < -0.3 is 66.3 Å². The molecule has 16 aromatic rings. The van der Waals surface area contributed by atoms with Crippen LogP contribution in [0.25, 0.3) is 123 Å². The van der Waals surface area contributed by atoms with Crippen LogP contribution in [-0.4, -0.2) is 105 Å². The Kier molecular flexibility index (Phi) is 32.2. The van der Waals surface area contributed by atoms with Gasteiger partial charge in [-0.3, -0.25) is 28.8 Å². The number of nitrogens with zero attached hydrogens (tertiary/aromatic N) is 5. The Bertz CT molecular complexity index is 6970. The van der Waals surface area contributed by atoms with Crippen molar-refractivity contribution < 1.29 is 47.4 Å². The van der Waals surface area contributed by atoms with Gasteiger partial charge in [0, 0.05) is 110 Å². The zero-order chi connectivity index (χ0) is 97.0. The summed E-state index contributed by atoms with van der Waals surface area (Å²) >= 11 is 11.9. The number of hydrogen-bond donors (Lipinski definition) is 11. The number of aromatic amines is 5. The number of aromatic nitrogens is 10. The largest absolute Gasteiger partial charge is 0.496 e. The van der Waals surface area contributed by atoms with Crippen LogP contribution < -0.4 is 36.6 Å².